The predicted molar refractivity (Wildman–Crippen MR) is 159 cm³/mol. The molecule has 3 heteroatoms. The Kier molecular flexibility index (Phi) is 4.54. The van der Waals surface area contributed by atoms with Crippen LogP contribution in [0.25, 0.3) is 0 Å². The standard InChI is InChI=1S/C36H27NOS/c1-20-16-24-28(18-22(20)3)36(29-19-23(4)21(2)17-25(29)35(24)38)26-10-5-6-12-30(26)37-31-13-7-8-14-32(31)39-33-15-9-11-27(36)34(33)37/h5-19H,1-4H3. The number of nitrogens with zero attached hydrogens (tertiary/aromatic N) is 1. The normalized spacial score (nSPS) is 15.3. The molecule has 0 saturated heterocycles. The number of para-hydroxylation sites is 3. The molecule has 0 fully saturated rings. The summed E-state index contributed by atoms with van der Waals surface area (Å²) in [7, 11) is 0. The number of carbonyl (C=O) groups excluding carboxylic acids is 1. The third-order valence-electron chi connectivity index (χ3n) is 9.07. The maximum absolute atomic E-state index is 14.2. The van der Waals surface area contributed by atoms with Gasteiger partial charge < -0.3 is 4.90 Å². The van der Waals surface area contributed by atoms with Crippen molar-refractivity contribution in [2.75, 3.05) is 4.90 Å². The molecule has 8 rings (SSSR count). The molecular weight excluding hydrogens is 494 g/mol. The van der Waals surface area contributed by atoms with Gasteiger partial charge in [-0.3, -0.25) is 4.79 Å². The van der Waals surface area contributed by atoms with Crippen LogP contribution >= 0.6 is 11.8 Å². The second-order valence-electron chi connectivity index (χ2n) is 11.1. The number of carbonyl (C=O) groups is 1. The third-order valence-corrected chi connectivity index (χ3v) is 10.2. The van der Waals surface area contributed by atoms with Gasteiger partial charge in [0.1, 0.15) is 0 Å². The van der Waals surface area contributed by atoms with Crippen molar-refractivity contribution < 1.29 is 4.79 Å². The van der Waals surface area contributed by atoms with Gasteiger partial charge in [-0.1, -0.05) is 66.4 Å². The van der Waals surface area contributed by atoms with Gasteiger partial charge in [0.05, 0.1) is 22.5 Å². The lowest BCUT2D eigenvalue weighted by atomic mass is 9.57. The average molecular weight is 522 g/mol. The molecule has 0 radical (unpaired) electrons. The molecule has 1 spiro atoms. The molecule has 188 valence electrons. The van der Waals surface area contributed by atoms with Crippen LogP contribution in [0.2, 0.25) is 0 Å². The molecule has 0 aromatic heterocycles. The van der Waals surface area contributed by atoms with E-state index in [0.717, 1.165) is 33.4 Å². The molecule has 2 aliphatic heterocycles. The number of ketones is 1. The quantitative estimate of drug-likeness (QED) is 0.198. The molecule has 3 aliphatic rings. The lowest BCUT2D eigenvalue weighted by Gasteiger charge is -2.50. The summed E-state index contributed by atoms with van der Waals surface area (Å²) in [5.74, 6) is 0.126. The largest absolute Gasteiger partial charge is 0.308 e. The Morgan fingerprint density at radius 1 is 0.564 bits per heavy atom. The highest BCUT2D eigenvalue weighted by molar-refractivity contribution is 7.99. The third kappa shape index (κ3) is 2.76. The van der Waals surface area contributed by atoms with Crippen molar-refractivity contribution in [3.8, 4) is 0 Å². The molecule has 1 aliphatic carbocycles. The fourth-order valence-electron chi connectivity index (χ4n) is 6.99. The van der Waals surface area contributed by atoms with Crippen LogP contribution in [0.15, 0.2) is 101 Å². The van der Waals surface area contributed by atoms with Gasteiger partial charge in [-0.2, -0.15) is 0 Å². The molecule has 0 atom stereocenters. The summed E-state index contributed by atoms with van der Waals surface area (Å²) < 4.78 is 0. The van der Waals surface area contributed by atoms with Gasteiger partial charge in [-0.15, -0.1) is 0 Å². The molecule has 5 aromatic rings. The Balaban J connectivity index is 1.61. The maximum Gasteiger partial charge on any atom is 0.193 e. The number of hydrogen-bond donors (Lipinski definition) is 0. The number of aryl methyl sites for hydroxylation is 4. The Bertz CT molecular complexity index is 1860. The molecular formula is C36H27NOS. The SMILES string of the molecule is Cc1cc2c(cc1C)C1(c3cc(C)c(C)cc3C2=O)c2ccccc2N2c3ccccc3Sc3cccc1c32. The highest BCUT2D eigenvalue weighted by Crippen LogP contribution is 2.64. The molecule has 5 aromatic carbocycles. The Morgan fingerprint density at radius 2 is 1.10 bits per heavy atom. The zero-order chi connectivity index (χ0) is 26.6. The first-order valence-corrected chi connectivity index (χ1v) is 14.3. The molecule has 39 heavy (non-hydrogen) atoms. The van der Waals surface area contributed by atoms with E-state index in [2.05, 4.69) is 124 Å². The number of fused-ring (bicyclic) bond motifs is 10. The van der Waals surface area contributed by atoms with Crippen LogP contribution in [-0.4, -0.2) is 5.78 Å². The van der Waals surface area contributed by atoms with Crippen LogP contribution in [0.3, 0.4) is 0 Å². The smallest absolute Gasteiger partial charge is 0.193 e. The summed E-state index contributed by atoms with van der Waals surface area (Å²) in [6, 6.07) is 33.1. The average Bonchev–Trinajstić information content (AvgIpc) is 2.95. The summed E-state index contributed by atoms with van der Waals surface area (Å²) in [5.41, 5.74) is 14.0. The van der Waals surface area contributed by atoms with Crippen molar-refractivity contribution in [1.29, 1.82) is 0 Å². The predicted octanol–water partition coefficient (Wildman–Crippen LogP) is 9.10. The molecule has 0 amide bonds. The van der Waals surface area contributed by atoms with E-state index >= 15 is 0 Å². The second kappa shape index (κ2) is 7.74. The van der Waals surface area contributed by atoms with Crippen LogP contribution in [0.4, 0.5) is 17.1 Å². The van der Waals surface area contributed by atoms with Crippen LogP contribution in [0.5, 0.6) is 0 Å². The van der Waals surface area contributed by atoms with Gasteiger partial charge in [0.25, 0.3) is 0 Å². The first-order chi connectivity index (χ1) is 18.9. The first kappa shape index (κ1) is 22.9. The fourth-order valence-corrected chi connectivity index (χ4v) is 8.08. The molecule has 0 N–H and O–H groups in total. The summed E-state index contributed by atoms with van der Waals surface area (Å²) in [6.45, 7) is 8.55. The van der Waals surface area contributed by atoms with Gasteiger partial charge in [0.15, 0.2) is 5.78 Å². The Morgan fingerprint density at radius 3 is 1.79 bits per heavy atom. The van der Waals surface area contributed by atoms with E-state index in [1.807, 2.05) is 11.8 Å². The summed E-state index contributed by atoms with van der Waals surface area (Å²) in [5, 5.41) is 0. The summed E-state index contributed by atoms with van der Waals surface area (Å²) in [4.78, 5) is 19.2. The summed E-state index contributed by atoms with van der Waals surface area (Å²) >= 11 is 1.84. The van der Waals surface area contributed by atoms with Crippen molar-refractivity contribution in [2.45, 2.75) is 42.9 Å². The van der Waals surface area contributed by atoms with Gasteiger partial charge >= 0.3 is 0 Å². The van der Waals surface area contributed by atoms with E-state index in [1.165, 1.54) is 49.1 Å². The molecule has 2 nitrogen and oxygen atoms in total. The highest BCUT2D eigenvalue weighted by Gasteiger charge is 2.53. The van der Waals surface area contributed by atoms with Crippen molar-refractivity contribution in [3.05, 3.63) is 147 Å². The van der Waals surface area contributed by atoms with Crippen molar-refractivity contribution in [1.82, 2.24) is 0 Å². The van der Waals surface area contributed by atoms with Gasteiger partial charge in [0.2, 0.25) is 0 Å². The van der Waals surface area contributed by atoms with Crippen LogP contribution < -0.4 is 4.90 Å². The molecule has 0 saturated carbocycles. The number of rotatable bonds is 0. The van der Waals surface area contributed by atoms with E-state index in [4.69, 9.17) is 0 Å². The lowest BCUT2D eigenvalue weighted by Crippen LogP contribution is -2.43. The zero-order valence-corrected chi connectivity index (χ0v) is 23.2. The Labute approximate surface area is 233 Å². The summed E-state index contributed by atoms with van der Waals surface area (Å²) in [6.07, 6.45) is 0. The van der Waals surface area contributed by atoms with E-state index in [-0.39, 0.29) is 5.78 Å². The minimum Gasteiger partial charge on any atom is -0.308 e. The maximum atomic E-state index is 14.2. The van der Waals surface area contributed by atoms with E-state index in [0.29, 0.717) is 0 Å². The molecule has 0 unspecified atom stereocenters. The zero-order valence-electron chi connectivity index (χ0n) is 22.4. The van der Waals surface area contributed by atoms with E-state index in [1.54, 1.807) is 0 Å². The first-order valence-electron chi connectivity index (χ1n) is 13.5. The van der Waals surface area contributed by atoms with Crippen LogP contribution in [0.1, 0.15) is 60.4 Å². The molecule has 2 heterocycles. The fraction of sp³-hybridized carbons (Fsp3) is 0.139. The van der Waals surface area contributed by atoms with E-state index in [9.17, 15) is 4.79 Å². The van der Waals surface area contributed by atoms with Gasteiger partial charge in [0, 0.05) is 20.9 Å². The number of hydrogen-bond acceptors (Lipinski definition) is 3. The monoisotopic (exact) mass is 521 g/mol. The van der Waals surface area contributed by atoms with Gasteiger partial charge in [-0.05, 0) is 109 Å². The van der Waals surface area contributed by atoms with Crippen molar-refractivity contribution in [3.63, 3.8) is 0 Å². The topological polar surface area (TPSA) is 20.3 Å². The van der Waals surface area contributed by atoms with E-state index < -0.39 is 5.41 Å². The van der Waals surface area contributed by atoms with Crippen molar-refractivity contribution in [2.24, 2.45) is 0 Å². The minimum absolute atomic E-state index is 0.126. The Hall–Kier alpha value is -4.08. The minimum atomic E-state index is -0.610. The van der Waals surface area contributed by atoms with Crippen LogP contribution in [0, 0.1) is 27.7 Å². The molecule has 0 bridgehead atoms. The second-order valence-corrected chi connectivity index (χ2v) is 12.2. The lowest BCUT2D eigenvalue weighted by molar-refractivity contribution is 0.103. The number of anilines is 3. The van der Waals surface area contributed by atoms with Gasteiger partial charge in [-0.25, -0.2) is 0 Å². The van der Waals surface area contributed by atoms with Crippen molar-refractivity contribution >= 4 is 34.6 Å². The number of benzene rings is 5. The van der Waals surface area contributed by atoms with Crippen LogP contribution in [-0.2, 0) is 5.41 Å². The highest BCUT2D eigenvalue weighted by atomic mass is 32.2.